The molecule has 128 valence electrons. The summed E-state index contributed by atoms with van der Waals surface area (Å²) in [6.45, 7) is 15.0. The number of ether oxygens (including phenoxy) is 1. The zero-order valence-corrected chi connectivity index (χ0v) is 14.9. The first kappa shape index (κ1) is 17.5. The monoisotopic (exact) mass is 311 g/mol. The highest BCUT2D eigenvalue weighted by Gasteiger charge is 2.33. The average Bonchev–Trinajstić information content (AvgIpc) is 2.42. The van der Waals surface area contributed by atoms with Crippen molar-refractivity contribution in [1.82, 2.24) is 15.1 Å². The second kappa shape index (κ2) is 7.18. The van der Waals surface area contributed by atoms with E-state index < -0.39 is 5.60 Å². The van der Waals surface area contributed by atoms with Crippen molar-refractivity contribution in [2.45, 2.75) is 65.1 Å². The summed E-state index contributed by atoms with van der Waals surface area (Å²) < 4.78 is 5.50. The summed E-state index contributed by atoms with van der Waals surface area (Å²) >= 11 is 0. The van der Waals surface area contributed by atoms with Gasteiger partial charge < -0.3 is 19.9 Å². The minimum absolute atomic E-state index is 0.156. The van der Waals surface area contributed by atoms with Gasteiger partial charge in [0.15, 0.2) is 0 Å². The van der Waals surface area contributed by atoms with Gasteiger partial charge in [-0.2, -0.15) is 0 Å². The number of fused-ring (bicyclic) bond motifs is 3. The summed E-state index contributed by atoms with van der Waals surface area (Å²) in [5.41, 5.74) is -0.437. The summed E-state index contributed by atoms with van der Waals surface area (Å²) in [6, 6.07) is 0.748. The standard InChI is InChI=1S/C17H33N3O2/c1-13(2)20(16(21)22-17(3,4)5)11-8-18-15-12-19-9-6-14(15)7-10-19/h13-15,18H,6-12H2,1-5H3. The normalized spacial score (nSPS) is 28.0. The minimum atomic E-state index is -0.437. The first-order valence-electron chi connectivity index (χ1n) is 8.71. The van der Waals surface area contributed by atoms with Gasteiger partial charge in [0.05, 0.1) is 0 Å². The van der Waals surface area contributed by atoms with Crippen LogP contribution in [0.4, 0.5) is 4.79 Å². The van der Waals surface area contributed by atoms with Crippen LogP contribution in [0, 0.1) is 5.92 Å². The second-order valence-electron chi connectivity index (χ2n) is 7.97. The molecule has 2 bridgehead atoms. The van der Waals surface area contributed by atoms with Crippen LogP contribution >= 0.6 is 0 Å². The Kier molecular flexibility index (Phi) is 5.72. The maximum absolute atomic E-state index is 12.3. The summed E-state index contributed by atoms with van der Waals surface area (Å²) in [5, 5.41) is 3.66. The molecular weight excluding hydrogens is 278 g/mol. The lowest BCUT2D eigenvalue weighted by molar-refractivity contribution is 0.0181. The molecule has 3 heterocycles. The maximum Gasteiger partial charge on any atom is 0.410 e. The van der Waals surface area contributed by atoms with Crippen molar-refractivity contribution in [1.29, 1.82) is 0 Å². The molecule has 3 aliphatic rings. The maximum atomic E-state index is 12.3. The third kappa shape index (κ3) is 4.85. The van der Waals surface area contributed by atoms with Gasteiger partial charge in [-0.25, -0.2) is 4.79 Å². The van der Waals surface area contributed by atoms with E-state index in [-0.39, 0.29) is 12.1 Å². The number of nitrogens with zero attached hydrogens (tertiary/aromatic N) is 2. The smallest absolute Gasteiger partial charge is 0.410 e. The van der Waals surface area contributed by atoms with Gasteiger partial charge in [-0.15, -0.1) is 0 Å². The third-order valence-electron chi connectivity index (χ3n) is 4.67. The van der Waals surface area contributed by atoms with Gasteiger partial charge in [-0.3, -0.25) is 0 Å². The highest BCUT2D eigenvalue weighted by atomic mass is 16.6. The average molecular weight is 311 g/mol. The minimum Gasteiger partial charge on any atom is -0.444 e. The fourth-order valence-corrected chi connectivity index (χ4v) is 3.45. The van der Waals surface area contributed by atoms with Crippen LogP contribution in [0.3, 0.4) is 0 Å². The van der Waals surface area contributed by atoms with Crippen LogP contribution in [0.1, 0.15) is 47.5 Å². The molecule has 0 aromatic heterocycles. The van der Waals surface area contributed by atoms with Gasteiger partial charge in [0.25, 0.3) is 0 Å². The zero-order valence-electron chi connectivity index (χ0n) is 14.9. The zero-order chi connectivity index (χ0) is 16.3. The fraction of sp³-hybridized carbons (Fsp3) is 0.941. The van der Waals surface area contributed by atoms with E-state index in [1.54, 1.807) is 0 Å². The van der Waals surface area contributed by atoms with Gasteiger partial charge >= 0.3 is 6.09 Å². The lowest BCUT2D eigenvalue weighted by Gasteiger charge is -2.45. The molecule has 1 amide bonds. The van der Waals surface area contributed by atoms with E-state index >= 15 is 0 Å². The van der Waals surface area contributed by atoms with E-state index in [2.05, 4.69) is 10.2 Å². The number of nitrogens with one attached hydrogen (secondary N) is 1. The van der Waals surface area contributed by atoms with Gasteiger partial charge in [-0.1, -0.05) is 0 Å². The van der Waals surface area contributed by atoms with Crippen molar-refractivity contribution < 1.29 is 9.53 Å². The quantitative estimate of drug-likeness (QED) is 0.846. The molecular formula is C17H33N3O2. The highest BCUT2D eigenvalue weighted by molar-refractivity contribution is 5.68. The van der Waals surface area contributed by atoms with E-state index in [4.69, 9.17) is 4.74 Å². The molecule has 22 heavy (non-hydrogen) atoms. The molecule has 0 aliphatic carbocycles. The third-order valence-corrected chi connectivity index (χ3v) is 4.67. The number of piperidine rings is 3. The predicted molar refractivity (Wildman–Crippen MR) is 89.0 cm³/mol. The van der Waals surface area contributed by atoms with E-state index in [0.29, 0.717) is 12.6 Å². The van der Waals surface area contributed by atoms with Crippen molar-refractivity contribution in [2.75, 3.05) is 32.7 Å². The molecule has 5 heteroatoms. The molecule has 0 aromatic carbocycles. The molecule has 1 N–H and O–H groups in total. The molecule has 1 unspecified atom stereocenters. The lowest BCUT2D eigenvalue weighted by Crippen LogP contribution is -2.57. The Hall–Kier alpha value is -0.810. The van der Waals surface area contributed by atoms with E-state index in [1.807, 2.05) is 39.5 Å². The van der Waals surface area contributed by atoms with Crippen molar-refractivity contribution >= 4 is 6.09 Å². The Labute approximate surface area is 135 Å². The van der Waals surface area contributed by atoms with Crippen molar-refractivity contribution in [2.24, 2.45) is 5.92 Å². The Morgan fingerprint density at radius 1 is 1.32 bits per heavy atom. The number of hydrogen-bond donors (Lipinski definition) is 1. The summed E-state index contributed by atoms with van der Waals surface area (Å²) in [5.74, 6) is 0.819. The van der Waals surface area contributed by atoms with Gasteiger partial charge in [-0.05, 0) is 66.5 Å². The molecule has 3 rings (SSSR count). The summed E-state index contributed by atoms with van der Waals surface area (Å²) in [7, 11) is 0. The number of rotatable bonds is 5. The summed E-state index contributed by atoms with van der Waals surface area (Å²) in [6.07, 6.45) is 2.42. The summed E-state index contributed by atoms with van der Waals surface area (Å²) in [4.78, 5) is 16.6. The topological polar surface area (TPSA) is 44.8 Å². The fourth-order valence-electron chi connectivity index (χ4n) is 3.45. The van der Waals surface area contributed by atoms with Crippen LogP contribution < -0.4 is 5.32 Å². The number of hydrogen-bond acceptors (Lipinski definition) is 4. The Bertz CT molecular complexity index is 371. The van der Waals surface area contributed by atoms with Crippen LogP contribution in [0.2, 0.25) is 0 Å². The highest BCUT2D eigenvalue weighted by Crippen LogP contribution is 2.27. The molecule has 0 radical (unpaired) electrons. The molecule has 0 saturated carbocycles. The Morgan fingerprint density at radius 3 is 2.41 bits per heavy atom. The van der Waals surface area contributed by atoms with E-state index in [1.165, 1.54) is 32.5 Å². The molecule has 3 fully saturated rings. The van der Waals surface area contributed by atoms with Crippen LogP contribution in [0.15, 0.2) is 0 Å². The molecule has 3 saturated heterocycles. The van der Waals surface area contributed by atoms with E-state index in [0.717, 1.165) is 12.5 Å². The van der Waals surface area contributed by atoms with Crippen LogP contribution in [-0.4, -0.2) is 66.3 Å². The Morgan fingerprint density at radius 2 is 1.95 bits per heavy atom. The predicted octanol–water partition coefficient (Wildman–Crippen LogP) is 2.32. The van der Waals surface area contributed by atoms with Crippen molar-refractivity contribution in [3.05, 3.63) is 0 Å². The van der Waals surface area contributed by atoms with Crippen molar-refractivity contribution in [3.63, 3.8) is 0 Å². The van der Waals surface area contributed by atoms with E-state index in [9.17, 15) is 4.79 Å². The second-order valence-corrected chi connectivity index (χ2v) is 7.97. The lowest BCUT2D eigenvalue weighted by atomic mass is 9.84. The van der Waals surface area contributed by atoms with Crippen molar-refractivity contribution in [3.8, 4) is 0 Å². The molecule has 0 spiro atoms. The molecule has 3 aliphatic heterocycles. The van der Waals surface area contributed by atoms with Crippen LogP contribution in [-0.2, 0) is 4.74 Å². The molecule has 0 aromatic rings. The van der Waals surface area contributed by atoms with Crippen LogP contribution in [0.25, 0.3) is 0 Å². The number of amides is 1. The van der Waals surface area contributed by atoms with Gasteiger partial charge in [0.1, 0.15) is 5.60 Å². The first-order chi connectivity index (χ1) is 10.3. The van der Waals surface area contributed by atoms with Gasteiger partial charge in [0.2, 0.25) is 0 Å². The first-order valence-corrected chi connectivity index (χ1v) is 8.71. The number of carbonyl (C=O) groups excluding carboxylic acids is 1. The van der Waals surface area contributed by atoms with Gasteiger partial charge in [0, 0.05) is 31.7 Å². The number of carbonyl (C=O) groups is 1. The SMILES string of the molecule is CC(C)N(CCNC1CN2CCC1CC2)C(=O)OC(C)(C)C. The molecule has 5 nitrogen and oxygen atoms in total. The van der Waals surface area contributed by atoms with Crippen LogP contribution in [0.5, 0.6) is 0 Å². The largest absolute Gasteiger partial charge is 0.444 e. The Balaban J connectivity index is 1.78. The molecule has 1 atom stereocenters.